The molecule has 0 radical (unpaired) electrons. The molecule has 0 amide bonds. The second kappa shape index (κ2) is 69.0. The van der Waals surface area contributed by atoms with Gasteiger partial charge in [0, 0.05) is 19.3 Å². The number of hydrogen-bond donors (Lipinski definition) is 0. The molecule has 83 heavy (non-hydrogen) atoms. The average Bonchev–Trinajstić information content (AvgIpc) is 3.49. The number of unbranched alkanes of at least 4 members (excludes halogenated alkanes) is 17. The van der Waals surface area contributed by atoms with Crippen LogP contribution in [0.3, 0.4) is 0 Å². The van der Waals surface area contributed by atoms with Crippen molar-refractivity contribution in [3.8, 4) is 0 Å². The third-order valence-corrected chi connectivity index (χ3v) is 13.4. The van der Waals surface area contributed by atoms with Gasteiger partial charge < -0.3 is 14.2 Å². The SMILES string of the molecule is CC/C=C\C/C=C\C/C=C\C/C=C\C/C=C\C/C=C\C/C=C\C/C=C\C/C=C\C/C=C\CCCCCCC(=O)OCC(COC(=O)CCCCCCCCC)OC(=O)CCCCCCCCC/C=C\C/C=C\C/C=C\C/C=C\C/C=C\CC. The van der Waals surface area contributed by atoms with Gasteiger partial charge in [0.05, 0.1) is 0 Å². The van der Waals surface area contributed by atoms with E-state index >= 15 is 0 Å². The van der Waals surface area contributed by atoms with E-state index < -0.39 is 6.10 Å². The van der Waals surface area contributed by atoms with Crippen LogP contribution in [0, 0.1) is 0 Å². The molecule has 464 valence electrons. The Hall–Kier alpha value is -5.49. The highest BCUT2D eigenvalue weighted by molar-refractivity contribution is 5.71. The first-order chi connectivity index (χ1) is 41.0. The Morgan fingerprint density at radius 2 is 0.470 bits per heavy atom. The zero-order valence-corrected chi connectivity index (χ0v) is 53.1. The van der Waals surface area contributed by atoms with Gasteiger partial charge in [0.15, 0.2) is 6.10 Å². The van der Waals surface area contributed by atoms with E-state index in [0.717, 1.165) is 180 Å². The zero-order chi connectivity index (χ0) is 59.9. The zero-order valence-electron chi connectivity index (χ0n) is 53.1. The van der Waals surface area contributed by atoms with Gasteiger partial charge in [-0.3, -0.25) is 14.4 Å². The van der Waals surface area contributed by atoms with Crippen molar-refractivity contribution < 1.29 is 28.6 Å². The molecule has 0 aliphatic heterocycles. The van der Waals surface area contributed by atoms with Crippen molar-refractivity contribution in [2.75, 3.05) is 13.2 Å². The monoisotopic (exact) mass is 1140 g/mol. The number of allylic oxidation sites excluding steroid dienone is 30. The highest BCUT2D eigenvalue weighted by atomic mass is 16.6. The molecule has 6 heteroatoms. The molecular formula is C77H120O6. The van der Waals surface area contributed by atoms with Crippen molar-refractivity contribution >= 4 is 17.9 Å². The third-order valence-electron chi connectivity index (χ3n) is 13.4. The Morgan fingerprint density at radius 1 is 0.253 bits per heavy atom. The highest BCUT2D eigenvalue weighted by Gasteiger charge is 2.19. The van der Waals surface area contributed by atoms with Gasteiger partial charge >= 0.3 is 17.9 Å². The van der Waals surface area contributed by atoms with E-state index in [1.807, 2.05) is 0 Å². The Labute approximate surface area is 510 Å². The molecule has 1 unspecified atom stereocenters. The minimum Gasteiger partial charge on any atom is -0.462 e. The predicted molar refractivity (Wildman–Crippen MR) is 361 cm³/mol. The van der Waals surface area contributed by atoms with Gasteiger partial charge in [-0.05, 0) is 141 Å². The van der Waals surface area contributed by atoms with Crippen molar-refractivity contribution in [2.24, 2.45) is 0 Å². The Balaban J connectivity index is 4.25. The summed E-state index contributed by atoms with van der Waals surface area (Å²) in [5.41, 5.74) is 0. The van der Waals surface area contributed by atoms with Crippen LogP contribution in [0.4, 0.5) is 0 Å². The minimum atomic E-state index is -0.802. The Kier molecular flexibility index (Phi) is 64.4. The minimum absolute atomic E-state index is 0.0978. The van der Waals surface area contributed by atoms with Crippen LogP contribution in [-0.2, 0) is 28.6 Å². The molecule has 0 N–H and O–H groups in total. The van der Waals surface area contributed by atoms with Gasteiger partial charge in [-0.1, -0.05) is 287 Å². The fourth-order valence-corrected chi connectivity index (χ4v) is 8.50. The van der Waals surface area contributed by atoms with Crippen LogP contribution < -0.4 is 0 Å². The van der Waals surface area contributed by atoms with Crippen molar-refractivity contribution in [2.45, 2.75) is 271 Å². The second-order valence-corrected chi connectivity index (χ2v) is 21.3. The number of carbonyl (C=O) groups excluding carboxylic acids is 3. The van der Waals surface area contributed by atoms with E-state index in [4.69, 9.17) is 14.2 Å². The molecule has 0 saturated carbocycles. The maximum atomic E-state index is 12.9. The quantitative estimate of drug-likeness (QED) is 0.0261. The predicted octanol–water partition coefficient (Wildman–Crippen LogP) is 23.2. The number of rotatable bonds is 58. The molecule has 0 aromatic carbocycles. The van der Waals surface area contributed by atoms with Crippen LogP contribution in [0.2, 0.25) is 0 Å². The van der Waals surface area contributed by atoms with Crippen molar-refractivity contribution in [3.05, 3.63) is 182 Å². The Morgan fingerprint density at radius 3 is 0.735 bits per heavy atom. The van der Waals surface area contributed by atoms with Gasteiger partial charge in [-0.15, -0.1) is 0 Å². The molecular weight excluding hydrogens is 1020 g/mol. The molecule has 0 rings (SSSR count). The van der Waals surface area contributed by atoms with Gasteiger partial charge in [-0.25, -0.2) is 0 Å². The third kappa shape index (κ3) is 67.2. The molecule has 0 aliphatic carbocycles. The maximum Gasteiger partial charge on any atom is 0.306 e. The van der Waals surface area contributed by atoms with E-state index in [0.29, 0.717) is 19.3 Å². The molecule has 0 heterocycles. The molecule has 0 aromatic heterocycles. The van der Waals surface area contributed by atoms with Crippen molar-refractivity contribution in [3.63, 3.8) is 0 Å². The summed E-state index contributed by atoms with van der Waals surface area (Å²) in [5.74, 6) is -0.948. The molecule has 0 aromatic rings. The van der Waals surface area contributed by atoms with Gasteiger partial charge in [-0.2, -0.15) is 0 Å². The van der Waals surface area contributed by atoms with Crippen LogP contribution in [0.15, 0.2) is 182 Å². The van der Waals surface area contributed by atoms with E-state index in [1.54, 1.807) is 0 Å². The summed E-state index contributed by atoms with van der Waals surface area (Å²) in [4.78, 5) is 38.1. The number of carbonyl (C=O) groups is 3. The van der Waals surface area contributed by atoms with E-state index in [9.17, 15) is 14.4 Å². The molecule has 1 atom stereocenters. The van der Waals surface area contributed by atoms with Crippen LogP contribution in [0.25, 0.3) is 0 Å². The van der Waals surface area contributed by atoms with Crippen LogP contribution >= 0.6 is 0 Å². The van der Waals surface area contributed by atoms with Gasteiger partial charge in [0.25, 0.3) is 0 Å². The largest absolute Gasteiger partial charge is 0.462 e. The van der Waals surface area contributed by atoms with Crippen LogP contribution in [0.1, 0.15) is 265 Å². The van der Waals surface area contributed by atoms with Crippen LogP contribution in [-0.4, -0.2) is 37.2 Å². The lowest BCUT2D eigenvalue weighted by molar-refractivity contribution is -0.167. The topological polar surface area (TPSA) is 78.9 Å². The number of ether oxygens (including phenoxy) is 3. The molecule has 6 nitrogen and oxygen atoms in total. The lowest BCUT2D eigenvalue weighted by Gasteiger charge is -2.18. The maximum absolute atomic E-state index is 12.9. The first kappa shape index (κ1) is 77.5. The standard InChI is InChI=1S/C77H120O6/c1-4-7-10-13-16-18-20-22-24-26-28-30-32-33-34-35-36-37-38-39-40-41-42-43-45-46-48-50-52-54-56-58-61-64-67-70-76(79)82-73-74(72-81-75(78)69-66-63-60-15-12-9-6-3)83-77(80)71-68-65-62-59-57-55-53-51-49-47-44-31-29-27-25-23-21-19-17-14-11-8-5-2/h7-8,10-11,16-19,22-25,28-31,33-34,36-37,39-40,42-43,46-49,52,54,74H,4-6,9,12-15,20-21,26-27,32,35,38,41,44-45,50-51,53,55-73H2,1-3H3/b10-7-,11-8-,18-16-,19-17-,24-22-,25-23-,30-28-,31-29-,34-33-,37-36-,40-39-,43-42-,48-46-,49-47-,54-52-. The number of hydrogen-bond acceptors (Lipinski definition) is 6. The van der Waals surface area contributed by atoms with Crippen molar-refractivity contribution in [1.29, 1.82) is 0 Å². The molecule has 0 bridgehead atoms. The summed E-state index contributed by atoms with van der Waals surface area (Å²) in [7, 11) is 0. The summed E-state index contributed by atoms with van der Waals surface area (Å²) in [6.07, 6.45) is 104. The fraction of sp³-hybridized carbons (Fsp3) is 0.571. The van der Waals surface area contributed by atoms with Gasteiger partial charge in [0.2, 0.25) is 0 Å². The summed E-state index contributed by atoms with van der Waals surface area (Å²) in [6.45, 7) is 6.33. The highest BCUT2D eigenvalue weighted by Crippen LogP contribution is 2.14. The van der Waals surface area contributed by atoms with E-state index in [1.165, 1.54) is 44.9 Å². The second-order valence-electron chi connectivity index (χ2n) is 21.3. The fourth-order valence-electron chi connectivity index (χ4n) is 8.50. The summed E-state index contributed by atoms with van der Waals surface area (Å²) in [6, 6.07) is 0. The lowest BCUT2D eigenvalue weighted by Crippen LogP contribution is -2.30. The first-order valence-corrected chi connectivity index (χ1v) is 33.3. The smallest absolute Gasteiger partial charge is 0.306 e. The summed E-state index contributed by atoms with van der Waals surface area (Å²) >= 11 is 0. The normalized spacial score (nSPS) is 13.3. The summed E-state index contributed by atoms with van der Waals surface area (Å²) < 4.78 is 16.8. The molecule has 0 spiro atoms. The molecule has 0 fully saturated rings. The Bertz CT molecular complexity index is 1940. The van der Waals surface area contributed by atoms with Gasteiger partial charge in [0.1, 0.15) is 13.2 Å². The van der Waals surface area contributed by atoms with Crippen molar-refractivity contribution in [1.82, 2.24) is 0 Å². The summed E-state index contributed by atoms with van der Waals surface area (Å²) in [5, 5.41) is 0. The molecule has 0 saturated heterocycles. The van der Waals surface area contributed by atoms with E-state index in [-0.39, 0.29) is 31.1 Å². The van der Waals surface area contributed by atoms with Crippen LogP contribution in [0.5, 0.6) is 0 Å². The van der Waals surface area contributed by atoms with E-state index in [2.05, 4.69) is 203 Å². The molecule has 0 aliphatic rings. The lowest BCUT2D eigenvalue weighted by atomic mass is 10.1. The number of esters is 3. The first-order valence-electron chi connectivity index (χ1n) is 33.3. The average molecular weight is 1140 g/mol.